The molecule has 0 saturated heterocycles. The van der Waals surface area contributed by atoms with Gasteiger partial charge in [0, 0.05) is 27.6 Å². The van der Waals surface area contributed by atoms with Crippen molar-refractivity contribution >= 4 is 28.5 Å². The third-order valence-corrected chi connectivity index (χ3v) is 7.20. The molecule has 5 aromatic rings. The molecule has 0 fully saturated rings. The van der Waals surface area contributed by atoms with Crippen LogP contribution in [0.1, 0.15) is 33.0 Å². The van der Waals surface area contributed by atoms with Crippen molar-refractivity contribution in [1.82, 2.24) is 0 Å². The zero-order valence-electron chi connectivity index (χ0n) is 21.9. The van der Waals surface area contributed by atoms with E-state index in [4.69, 9.17) is 36.0 Å². The van der Waals surface area contributed by atoms with Crippen LogP contribution in [-0.2, 0) is 6.61 Å². The molecule has 2 N–H and O–H groups in total. The first-order chi connectivity index (χ1) is 20.4. The molecule has 9 heteroatoms. The summed E-state index contributed by atoms with van der Waals surface area (Å²) in [5.74, 6) is -0.411. The zero-order valence-corrected chi connectivity index (χ0v) is 22.6. The number of nitriles is 1. The Labute approximate surface area is 244 Å². The Kier molecular flexibility index (Phi) is 7.09. The molecule has 8 nitrogen and oxygen atoms in total. The minimum atomic E-state index is -0.879. The SMILES string of the molecule is N#CC1=C(N)Oc2cc(OC(=O)c3cc4ccccc4oc3=O)ccc2C1c1ccc(OCc2ccccc2Cl)cc1. The minimum absolute atomic E-state index is 0.0623. The number of nitrogens with zero attached hydrogens (tertiary/aromatic N) is 1. The van der Waals surface area contributed by atoms with Crippen molar-refractivity contribution in [3.05, 3.63) is 146 Å². The number of nitrogens with two attached hydrogens (primary N) is 1. The van der Waals surface area contributed by atoms with E-state index in [0.29, 0.717) is 39.7 Å². The molecule has 42 heavy (non-hydrogen) atoms. The summed E-state index contributed by atoms with van der Waals surface area (Å²) in [6.45, 7) is 0.304. The van der Waals surface area contributed by atoms with E-state index in [0.717, 1.165) is 11.1 Å². The van der Waals surface area contributed by atoms with E-state index in [-0.39, 0.29) is 22.8 Å². The maximum absolute atomic E-state index is 12.9. The number of carbonyl (C=O) groups excluding carboxylic acids is 1. The van der Waals surface area contributed by atoms with Gasteiger partial charge in [0.2, 0.25) is 5.88 Å². The highest BCUT2D eigenvalue weighted by Gasteiger charge is 2.31. The Balaban J connectivity index is 1.25. The van der Waals surface area contributed by atoms with Gasteiger partial charge >= 0.3 is 11.6 Å². The highest BCUT2D eigenvalue weighted by Crippen LogP contribution is 2.43. The predicted octanol–water partition coefficient (Wildman–Crippen LogP) is 6.46. The lowest BCUT2D eigenvalue weighted by Gasteiger charge is -2.26. The summed E-state index contributed by atoms with van der Waals surface area (Å²) in [5.41, 5.74) is 7.99. The van der Waals surface area contributed by atoms with Gasteiger partial charge in [-0.25, -0.2) is 9.59 Å². The van der Waals surface area contributed by atoms with E-state index in [1.54, 1.807) is 54.6 Å². The second kappa shape index (κ2) is 11.2. The molecular formula is C33H21ClN2O6. The van der Waals surface area contributed by atoms with Gasteiger partial charge in [0.25, 0.3) is 0 Å². The summed E-state index contributed by atoms with van der Waals surface area (Å²) >= 11 is 6.22. The van der Waals surface area contributed by atoms with Crippen LogP contribution < -0.4 is 25.6 Å². The van der Waals surface area contributed by atoms with Gasteiger partial charge in [-0.15, -0.1) is 0 Å². The average Bonchev–Trinajstić information content (AvgIpc) is 3.00. The molecule has 1 aromatic heterocycles. The molecule has 0 saturated carbocycles. The van der Waals surface area contributed by atoms with E-state index >= 15 is 0 Å². The third kappa shape index (κ3) is 5.17. The average molecular weight is 577 g/mol. The first kappa shape index (κ1) is 26.7. The van der Waals surface area contributed by atoms with Crippen molar-refractivity contribution in [3.8, 4) is 23.3 Å². The van der Waals surface area contributed by atoms with E-state index < -0.39 is 17.5 Å². The Hall–Kier alpha value is -5.52. The fourth-order valence-corrected chi connectivity index (χ4v) is 4.93. The number of hydrogen-bond acceptors (Lipinski definition) is 8. The molecule has 0 spiro atoms. The molecule has 0 bridgehead atoms. The summed E-state index contributed by atoms with van der Waals surface area (Å²) in [6, 6.07) is 29.9. The van der Waals surface area contributed by atoms with Gasteiger partial charge in [0.1, 0.15) is 46.6 Å². The van der Waals surface area contributed by atoms with Crippen LogP contribution in [0, 0.1) is 11.3 Å². The Morgan fingerprint density at radius 2 is 1.69 bits per heavy atom. The molecule has 0 aliphatic carbocycles. The fraction of sp³-hybridized carbons (Fsp3) is 0.0606. The molecule has 1 aliphatic heterocycles. The molecule has 0 radical (unpaired) electrons. The van der Waals surface area contributed by atoms with Gasteiger partial charge in [-0.1, -0.05) is 66.2 Å². The third-order valence-electron chi connectivity index (χ3n) is 6.83. The van der Waals surface area contributed by atoms with Gasteiger partial charge in [-0.3, -0.25) is 0 Å². The van der Waals surface area contributed by atoms with E-state index in [1.165, 1.54) is 12.1 Å². The molecule has 1 aliphatic rings. The second-order valence-electron chi connectivity index (χ2n) is 9.45. The van der Waals surface area contributed by atoms with E-state index in [2.05, 4.69) is 6.07 Å². The first-order valence-electron chi connectivity index (χ1n) is 12.8. The number of benzene rings is 4. The zero-order chi connectivity index (χ0) is 29.2. The molecule has 2 heterocycles. The van der Waals surface area contributed by atoms with Gasteiger partial charge in [-0.2, -0.15) is 5.26 Å². The number of halogens is 1. The quantitative estimate of drug-likeness (QED) is 0.139. The number of hydrogen-bond donors (Lipinski definition) is 1. The van der Waals surface area contributed by atoms with Crippen LogP contribution in [0.5, 0.6) is 17.2 Å². The fourth-order valence-electron chi connectivity index (χ4n) is 4.74. The number of carbonyl (C=O) groups is 1. The molecular weight excluding hydrogens is 556 g/mol. The summed E-state index contributed by atoms with van der Waals surface area (Å²) < 4.78 is 22.4. The van der Waals surface area contributed by atoms with Crippen molar-refractivity contribution in [2.45, 2.75) is 12.5 Å². The second-order valence-corrected chi connectivity index (χ2v) is 9.86. The number of esters is 1. The number of ether oxygens (including phenoxy) is 3. The number of rotatable bonds is 6. The highest BCUT2D eigenvalue weighted by molar-refractivity contribution is 6.31. The summed E-state index contributed by atoms with van der Waals surface area (Å²) in [4.78, 5) is 25.3. The smallest absolute Gasteiger partial charge is 0.351 e. The van der Waals surface area contributed by atoms with Gasteiger partial charge in [0.05, 0.1) is 5.92 Å². The number of fused-ring (bicyclic) bond motifs is 2. The Bertz CT molecular complexity index is 1970. The lowest BCUT2D eigenvalue weighted by molar-refractivity contribution is 0.0730. The first-order valence-corrected chi connectivity index (χ1v) is 13.2. The molecule has 0 amide bonds. The summed E-state index contributed by atoms with van der Waals surface area (Å²) in [7, 11) is 0. The number of para-hydroxylation sites is 1. The molecule has 206 valence electrons. The molecule has 6 rings (SSSR count). The largest absolute Gasteiger partial charge is 0.489 e. The van der Waals surface area contributed by atoms with Gasteiger partial charge in [-0.05, 0) is 42.0 Å². The summed E-state index contributed by atoms with van der Waals surface area (Å²) in [6.07, 6.45) is 0. The van der Waals surface area contributed by atoms with Crippen molar-refractivity contribution in [3.63, 3.8) is 0 Å². The molecule has 1 atom stereocenters. The standard InChI is InChI=1S/C33H21ClN2O6/c34-27-7-3-1-6-21(27)18-39-22-11-9-19(10-12-22)30-24-14-13-23(16-29(24)41-31(36)26(30)17-35)40-32(37)25-15-20-5-2-4-8-28(20)42-33(25)38/h1-16,30H,18,36H2. The van der Waals surface area contributed by atoms with E-state index in [9.17, 15) is 14.9 Å². The minimum Gasteiger partial charge on any atom is -0.489 e. The van der Waals surface area contributed by atoms with Crippen molar-refractivity contribution in [2.75, 3.05) is 0 Å². The lowest BCUT2D eigenvalue weighted by atomic mass is 9.83. The summed E-state index contributed by atoms with van der Waals surface area (Å²) in [5, 5.41) is 11.1. The van der Waals surface area contributed by atoms with Crippen LogP contribution in [0.25, 0.3) is 11.0 Å². The van der Waals surface area contributed by atoms with Crippen LogP contribution in [0.4, 0.5) is 0 Å². The Morgan fingerprint density at radius 1 is 0.952 bits per heavy atom. The van der Waals surface area contributed by atoms with Gasteiger partial charge in [0.15, 0.2) is 0 Å². The molecule has 4 aromatic carbocycles. The lowest BCUT2D eigenvalue weighted by Crippen LogP contribution is -2.21. The van der Waals surface area contributed by atoms with Crippen LogP contribution >= 0.6 is 11.6 Å². The van der Waals surface area contributed by atoms with Crippen LogP contribution in [0.15, 0.2) is 118 Å². The predicted molar refractivity (Wildman–Crippen MR) is 155 cm³/mol. The van der Waals surface area contributed by atoms with Crippen molar-refractivity contribution in [1.29, 1.82) is 5.26 Å². The highest BCUT2D eigenvalue weighted by atomic mass is 35.5. The Morgan fingerprint density at radius 3 is 2.48 bits per heavy atom. The van der Waals surface area contributed by atoms with Gasteiger partial charge < -0.3 is 24.4 Å². The maximum Gasteiger partial charge on any atom is 0.351 e. The van der Waals surface area contributed by atoms with Crippen LogP contribution in [0.2, 0.25) is 5.02 Å². The van der Waals surface area contributed by atoms with Crippen LogP contribution in [-0.4, -0.2) is 5.97 Å². The normalized spacial score (nSPS) is 14.0. The van der Waals surface area contributed by atoms with Crippen LogP contribution in [0.3, 0.4) is 0 Å². The molecule has 1 unspecified atom stereocenters. The topological polar surface area (TPSA) is 125 Å². The van der Waals surface area contributed by atoms with E-state index in [1.807, 2.05) is 30.3 Å². The van der Waals surface area contributed by atoms with Crippen molar-refractivity contribution < 1.29 is 23.4 Å². The number of allylic oxidation sites excluding steroid dienone is 1. The maximum atomic E-state index is 12.9. The van der Waals surface area contributed by atoms with Crippen molar-refractivity contribution in [2.24, 2.45) is 5.73 Å². The monoisotopic (exact) mass is 576 g/mol.